The fourth-order valence-corrected chi connectivity index (χ4v) is 2.62. The van der Waals surface area contributed by atoms with Crippen molar-refractivity contribution in [1.29, 1.82) is 0 Å². The Kier molecular flexibility index (Phi) is 5.65. The molecule has 1 heteroatoms. The van der Waals surface area contributed by atoms with Crippen molar-refractivity contribution >= 4 is 8.58 Å². The monoisotopic (exact) mass is 220 g/mol. The minimum absolute atomic E-state index is 0.645. The molecular weight excluding hydrogens is 199 g/mol. The van der Waals surface area contributed by atoms with Crippen LogP contribution in [0.3, 0.4) is 0 Å². The Morgan fingerprint density at radius 1 is 1.53 bits per heavy atom. The molecule has 82 valence electrons. The molecule has 0 radical (unpaired) electrons. The Bertz CT molecular complexity index is 305. The lowest BCUT2D eigenvalue weighted by molar-refractivity contribution is 0.939. The highest BCUT2D eigenvalue weighted by Gasteiger charge is 2.08. The van der Waals surface area contributed by atoms with Gasteiger partial charge in [0.25, 0.3) is 0 Å². The smallest absolute Gasteiger partial charge is 0.000234 e. The van der Waals surface area contributed by atoms with Crippen LogP contribution in [0.1, 0.15) is 33.6 Å². The summed E-state index contributed by atoms with van der Waals surface area (Å²) in [6.07, 6.45) is 15.8. The maximum absolute atomic E-state index is 2.27. The zero-order valence-electron chi connectivity index (χ0n) is 9.96. The van der Waals surface area contributed by atoms with Crippen molar-refractivity contribution in [3.8, 4) is 0 Å². The highest BCUT2D eigenvalue weighted by Crippen LogP contribution is 2.40. The first-order chi connectivity index (χ1) is 7.24. The number of hydrogen-bond donors (Lipinski definition) is 0. The first kappa shape index (κ1) is 12.5. The molecule has 0 saturated carbocycles. The van der Waals surface area contributed by atoms with Crippen molar-refractivity contribution in [3.63, 3.8) is 0 Å². The van der Waals surface area contributed by atoms with Gasteiger partial charge in [-0.05, 0) is 29.9 Å². The van der Waals surface area contributed by atoms with Gasteiger partial charge in [0.2, 0.25) is 0 Å². The largest absolute Gasteiger partial charge is 0.0845 e. The van der Waals surface area contributed by atoms with Gasteiger partial charge in [0.05, 0.1) is 0 Å². The van der Waals surface area contributed by atoms with Crippen molar-refractivity contribution in [2.24, 2.45) is 5.92 Å². The summed E-state index contributed by atoms with van der Waals surface area (Å²) in [5.41, 5.74) is 0. The van der Waals surface area contributed by atoms with Gasteiger partial charge in [-0.15, -0.1) is 0 Å². The molecule has 0 saturated heterocycles. The first-order valence-corrected chi connectivity index (χ1v) is 6.73. The molecule has 0 fully saturated rings. The molecule has 0 spiro atoms. The zero-order chi connectivity index (χ0) is 11.1. The molecule has 0 aromatic heterocycles. The molecule has 0 aliphatic heterocycles. The minimum atomic E-state index is 0.645. The van der Waals surface area contributed by atoms with E-state index >= 15 is 0 Å². The van der Waals surface area contributed by atoms with Gasteiger partial charge in [-0.2, -0.15) is 0 Å². The fraction of sp³-hybridized carbons (Fsp3) is 0.429. The second-order valence-corrected chi connectivity index (χ2v) is 5.60. The van der Waals surface area contributed by atoms with Crippen molar-refractivity contribution in [1.82, 2.24) is 0 Å². The summed E-state index contributed by atoms with van der Waals surface area (Å²) >= 11 is 0. The molecule has 0 aromatic carbocycles. The summed E-state index contributed by atoms with van der Waals surface area (Å²) < 4.78 is 0. The molecule has 0 heterocycles. The molecule has 0 nitrogen and oxygen atoms in total. The Labute approximate surface area is 95.6 Å². The van der Waals surface area contributed by atoms with Crippen LogP contribution in [-0.2, 0) is 0 Å². The van der Waals surface area contributed by atoms with Crippen LogP contribution in [0.5, 0.6) is 0 Å². The van der Waals surface area contributed by atoms with E-state index in [4.69, 9.17) is 0 Å². The van der Waals surface area contributed by atoms with Gasteiger partial charge >= 0.3 is 0 Å². The van der Waals surface area contributed by atoms with Gasteiger partial charge in [0.1, 0.15) is 0 Å². The van der Waals surface area contributed by atoms with E-state index in [0.29, 0.717) is 5.92 Å². The van der Waals surface area contributed by atoms with Crippen LogP contribution in [0.2, 0.25) is 0 Å². The standard InChI is InChI=1S/C14H21P/c1-4-5-6-7-10-13(3)15-14-11-8-9-12(14)2/h6-12,15H,4-5H2,1-3H3/b7-6-,13-10+. The van der Waals surface area contributed by atoms with Crippen LogP contribution in [0, 0.1) is 5.92 Å². The lowest BCUT2D eigenvalue weighted by Crippen LogP contribution is -1.84. The van der Waals surface area contributed by atoms with Crippen LogP contribution < -0.4 is 0 Å². The average molecular weight is 220 g/mol. The minimum Gasteiger partial charge on any atom is -0.0845 e. The number of unbranched alkanes of at least 4 members (excludes halogenated alkanes) is 1. The molecule has 2 atom stereocenters. The predicted molar refractivity (Wildman–Crippen MR) is 72.5 cm³/mol. The van der Waals surface area contributed by atoms with Crippen molar-refractivity contribution in [2.75, 3.05) is 0 Å². The van der Waals surface area contributed by atoms with E-state index in [1.165, 1.54) is 18.2 Å². The van der Waals surface area contributed by atoms with Gasteiger partial charge in [0, 0.05) is 0 Å². The van der Waals surface area contributed by atoms with E-state index < -0.39 is 0 Å². The van der Waals surface area contributed by atoms with Crippen molar-refractivity contribution in [3.05, 3.63) is 47.1 Å². The number of rotatable bonds is 5. The number of hydrogen-bond acceptors (Lipinski definition) is 0. The lowest BCUT2D eigenvalue weighted by atomic mass is 10.2. The number of allylic oxidation sites excluding steroid dienone is 8. The van der Waals surface area contributed by atoms with Crippen LogP contribution in [0.15, 0.2) is 47.1 Å². The summed E-state index contributed by atoms with van der Waals surface area (Å²) in [4.78, 5) is 0. The summed E-state index contributed by atoms with van der Waals surface area (Å²) in [6.45, 7) is 6.70. The van der Waals surface area contributed by atoms with Crippen LogP contribution in [-0.4, -0.2) is 0 Å². The second kappa shape index (κ2) is 6.80. The second-order valence-electron chi connectivity index (χ2n) is 3.99. The molecule has 0 bridgehead atoms. The van der Waals surface area contributed by atoms with E-state index in [9.17, 15) is 0 Å². The van der Waals surface area contributed by atoms with Crippen molar-refractivity contribution < 1.29 is 0 Å². The Morgan fingerprint density at radius 2 is 2.33 bits per heavy atom. The Balaban J connectivity index is 2.38. The van der Waals surface area contributed by atoms with Gasteiger partial charge in [0.15, 0.2) is 0 Å². The molecule has 0 aromatic rings. The first-order valence-electron chi connectivity index (χ1n) is 5.73. The third-order valence-corrected chi connectivity index (χ3v) is 3.92. The predicted octanol–water partition coefficient (Wildman–Crippen LogP) is 5.01. The van der Waals surface area contributed by atoms with Crippen LogP contribution in [0.4, 0.5) is 0 Å². The third-order valence-electron chi connectivity index (χ3n) is 2.45. The van der Waals surface area contributed by atoms with Crippen molar-refractivity contribution in [2.45, 2.75) is 33.6 Å². The summed E-state index contributed by atoms with van der Waals surface area (Å²) in [6, 6.07) is 0. The van der Waals surface area contributed by atoms with Gasteiger partial charge < -0.3 is 0 Å². The molecule has 1 rings (SSSR count). The average Bonchev–Trinajstić information content (AvgIpc) is 2.59. The van der Waals surface area contributed by atoms with E-state index in [0.717, 1.165) is 8.58 Å². The molecule has 0 amide bonds. The van der Waals surface area contributed by atoms with Crippen LogP contribution >= 0.6 is 8.58 Å². The normalized spacial score (nSPS) is 22.2. The maximum Gasteiger partial charge on any atom is -0.000234 e. The highest BCUT2D eigenvalue weighted by molar-refractivity contribution is 7.47. The SMILES string of the molecule is CCC/C=C\C=C(/C)PC1=CC=CC1C. The van der Waals surface area contributed by atoms with E-state index in [1.807, 2.05) is 0 Å². The van der Waals surface area contributed by atoms with Gasteiger partial charge in [-0.25, -0.2) is 0 Å². The summed E-state index contributed by atoms with van der Waals surface area (Å²) in [5, 5.41) is 3.04. The Hall–Kier alpha value is -0.610. The van der Waals surface area contributed by atoms with E-state index in [2.05, 4.69) is 57.2 Å². The highest BCUT2D eigenvalue weighted by atomic mass is 31.1. The van der Waals surface area contributed by atoms with Gasteiger partial charge in [-0.1, -0.05) is 65.3 Å². The van der Waals surface area contributed by atoms with Gasteiger partial charge in [-0.3, -0.25) is 0 Å². The molecule has 2 unspecified atom stereocenters. The van der Waals surface area contributed by atoms with Crippen LogP contribution in [0.25, 0.3) is 0 Å². The molecular formula is C14H21P. The summed E-state index contributed by atoms with van der Waals surface area (Å²) in [5.74, 6) is 0.645. The van der Waals surface area contributed by atoms with E-state index in [-0.39, 0.29) is 0 Å². The molecule has 1 aliphatic rings. The third kappa shape index (κ3) is 4.62. The zero-order valence-corrected chi connectivity index (χ0v) is 11.0. The lowest BCUT2D eigenvalue weighted by Gasteiger charge is -2.07. The van der Waals surface area contributed by atoms with E-state index in [1.54, 1.807) is 5.31 Å². The summed E-state index contributed by atoms with van der Waals surface area (Å²) in [7, 11) is 0.860. The molecule has 0 N–H and O–H groups in total. The molecule has 1 aliphatic carbocycles. The quantitative estimate of drug-likeness (QED) is 0.451. The maximum atomic E-state index is 2.27. The fourth-order valence-electron chi connectivity index (χ4n) is 1.48. The topological polar surface area (TPSA) is 0 Å². The Morgan fingerprint density at radius 3 is 2.93 bits per heavy atom. The molecule has 15 heavy (non-hydrogen) atoms.